The van der Waals surface area contributed by atoms with Crippen LogP contribution in [0.3, 0.4) is 0 Å². The van der Waals surface area contributed by atoms with Crippen LogP contribution in [0.4, 0.5) is 0 Å². The van der Waals surface area contributed by atoms with Gasteiger partial charge in [-0.2, -0.15) is 0 Å². The van der Waals surface area contributed by atoms with E-state index in [1.807, 2.05) is 0 Å². The van der Waals surface area contributed by atoms with Crippen LogP contribution >= 0.6 is 15.9 Å². The van der Waals surface area contributed by atoms with E-state index in [0.29, 0.717) is 0 Å². The maximum atomic E-state index is 3.80. The lowest BCUT2D eigenvalue weighted by molar-refractivity contribution is 1.67. The van der Waals surface area contributed by atoms with Gasteiger partial charge < -0.3 is 0 Å². The molecule has 0 saturated heterocycles. The van der Waals surface area contributed by atoms with Gasteiger partial charge in [0.15, 0.2) is 0 Å². The lowest BCUT2D eigenvalue weighted by Gasteiger charge is -2.24. The molecule has 0 bridgehead atoms. The van der Waals surface area contributed by atoms with Crippen molar-refractivity contribution in [1.82, 2.24) is 0 Å². The van der Waals surface area contributed by atoms with E-state index in [1.54, 1.807) is 0 Å². The molecular weight excluding hydrogens is 494 g/mol. The number of halogens is 1. The summed E-state index contributed by atoms with van der Waals surface area (Å²) in [5, 5.41) is 7.73. The second kappa shape index (κ2) is 8.78. The first-order chi connectivity index (χ1) is 17.4. The van der Waals surface area contributed by atoms with Gasteiger partial charge in [-0.05, 0) is 66.7 Å². The maximum absolute atomic E-state index is 3.80. The molecule has 166 valence electrons. The number of rotatable bonds is 2. The van der Waals surface area contributed by atoms with Gasteiger partial charge in [0.25, 0.3) is 0 Å². The molecule has 6 rings (SSSR count). The van der Waals surface area contributed by atoms with Crippen LogP contribution in [-0.2, 0) is 0 Å². The SMILES string of the molecule is Bc1c(B)c(B)c(-c2c3ccccc3c(-c3cc(Br)cc4ccccc34)c3ccccc23)c(B)c1B. The minimum absolute atomic E-state index is 1.10. The normalized spacial score (nSPS) is 11.5. The van der Waals surface area contributed by atoms with Crippen molar-refractivity contribution in [3.05, 3.63) is 89.4 Å². The monoisotopic (exact) mass is 518 g/mol. The Kier molecular flexibility index (Phi) is 5.69. The molecule has 0 aliphatic heterocycles. The summed E-state index contributed by atoms with van der Waals surface area (Å²) in [6.07, 6.45) is 0. The molecule has 0 amide bonds. The summed E-state index contributed by atoms with van der Waals surface area (Å²) in [6.45, 7) is 0. The second-order valence-electron chi connectivity index (χ2n) is 10.0. The molecule has 0 saturated carbocycles. The van der Waals surface area contributed by atoms with Gasteiger partial charge >= 0.3 is 0 Å². The van der Waals surface area contributed by atoms with E-state index >= 15 is 0 Å². The van der Waals surface area contributed by atoms with Crippen molar-refractivity contribution in [2.24, 2.45) is 0 Å². The molecule has 36 heavy (non-hydrogen) atoms. The van der Waals surface area contributed by atoms with Gasteiger partial charge in [0.1, 0.15) is 39.2 Å². The molecular formula is C30H24B5Br. The van der Waals surface area contributed by atoms with Gasteiger partial charge in [0.05, 0.1) is 0 Å². The number of benzene rings is 6. The Balaban J connectivity index is 1.87. The zero-order chi connectivity index (χ0) is 25.1. The number of fused-ring (bicyclic) bond motifs is 3. The van der Waals surface area contributed by atoms with Crippen LogP contribution in [0.2, 0.25) is 0 Å². The first-order valence-corrected chi connectivity index (χ1v) is 13.4. The third-order valence-electron chi connectivity index (χ3n) is 8.28. The Bertz CT molecular complexity index is 1770. The maximum Gasteiger partial charge on any atom is 0.139 e. The lowest BCUT2D eigenvalue weighted by Crippen LogP contribution is -2.55. The molecule has 0 spiro atoms. The fraction of sp³-hybridized carbons (Fsp3) is 0. The van der Waals surface area contributed by atoms with Crippen molar-refractivity contribution in [3.63, 3.8) is 0 Å². The van der Waals surface area contributed by atoms with E-state index < -0.39 is 0 Å². The van der Waals surface area contributed by atoms with E-state index in [1.165, 1.54) is 81.9 Å². The molecule has 0 N–H and O–H groups in total. The van der Waals surface area contributed by atoms with E-state index in [-0.39, 0.29) is 0 Å². The molecule has 6 aromatic rings. The third kappa shape index (κ3) is 3.42. The van der Waals surface area contributed by atoms with E-state index in [4.69, 9.17) is 0 Å². The molecule has 0 nitrogen and oxygen atoms in total. The number of hydrogen-bond acceptors (Lipinski definition) is 0. The van der Waals surface area contributed by atoms with Crippen molar-refractivity contribution in [3.8, 4) is 22.3 Å². The predicted molar refractivity (Wildman–Crippen MR) is 178 cm³/mol. The van der Waals surface area contributed by atoms with E-state index in [9.17, 15) is 0 Å². The van der Waals surface area contributed by atoms with Gasteiger partial charge in [0, 0.05) is 4.47 Å². The van der Waals surface area contributed by atoms with Crippen LogP contribution in [0, 0.1) is 0 Å². The molecule has 0 aliphatic rings. The quantitative estimate of drug-likeness (QED) is 0.232. The summed E-state index contributed by atoms with van der Waals surface area (Å²) < 4.78 is 1.10. The van der Waals surface area contributed by atoms with Crippen molar-refractivity contribution in [2.45, 2.75) is 0 Å². The molecule has 0 aromatic heterocycles. The molecule has 6 aromatic carbocycles. The Morgan fingerprint density at radius 3 is 1.36 bits per heavy atom. The van der Waals surface area contributed by atoms with Crippen molar-refractivity contribution < 1.29 is 0 Å². The fourth-order valence-electron chi connectivity index (χ4n) is 6.04. The molecule has 0 fully saturated rings. The van der Waals surface area contributed by atoms with Crippen LogP contribution in [0.25, 0.3) is 54.6 Å². The van der Waals surface area contributed by atoms with Crippen LogP contribution in [-0.4, -0.2) is 39.2 Å². The summed E-state index contributed by atoms with van der Waals surface area (Å²) in [6, 6.07) is 31.1. The highest BCUT2D eigenvalue weighted by Gasteiger charge is 2.21. The smallest absolute Gasteiger partial charge is 0.102 e. The summed E-state index contributed by atoms with van der Waals surface area (Å²) in [4.78, 5) is 0. The minimum Gasteiger partial charge on any atom is -0.102 e. The van der Waals surface area contributed by atoms with E-state index in [0.717, 1.165) is 4.47 Å². The Morgan fingerprint density at radius 1 is 0.417 bits per heavy atom. The largest absolute Gasteiger partial charge is 0.139 e. The van der Waals surface area contributed by atoms with Crippen molar-refractivity contribution >= 4 is 115 Å². The zero-order valence-corrected chi connectivity index (χ0v) is 23.0. The van der Waals surface area contributed by atoms with Gasteiger partial charge in [0.2, 0.25) is 0 Å². The zero-order valence-electron chi connectivity index (χ0n) is 21.5. The lowest BCUT2D eigenvalue weighted by atomic mass is 9.59. The first kappa shape index (κ1) is 23.3. The standard InChI is InChI=1S/C30H24B5Br/c31-26-25(27(32)29(34)30(35)28(26)33)24-20-11-5-3-9-18(20)23(19-10-4-6-12-21(19)24)22-14-16(36)13-15-7-1-2-8-17(15)22/h1-14H,31-35H2. The second-order valence-corrected chi connectivity index (χ2v) is 10.9. The van der Waals surface area contributed by atoms with Crippen molar-refractivity contribution in [2.75, 3.05) is 0 Å². The summed E-state index contributed by atoms with van der Waals surface area (Å²) in [5.41, 5.74) is 12.3. The first-order valence-electron chi connectivity index (χ1n) is 12.6. The molecule has 0 atom stereocenters. The Hall–Kier alpha value is -3.10. The average molecular weight is 518 g/mol. The highest BCUT2D eigenvalue weighted by Crippen LogP contribution is 2.45. The van der Waals surface area contributed by atoms with Gasteiger partial charge in [-0.25, -0.2) is 0 Å². The third-order valence-corrected chi connectivity index (χ3v) is 8.74. The number of hydrogen-bond donors (Lipinski definition) is 0. The van der Waals surface area contributed by atoms with Crippen molar-refractivity contribution in [1.29, 1.82) is 0 Å². The Morgan fingerprint density at radius 2 is 0.833 bits per heavy atom. The molecule has 6 heteroatoms. The van der Waals surface area contributed by atoms with Crippen LogP contribution in [0.1, 0.15) is 0 Å². The Labute approximate surface area is 225 Å². The molecule has 0 heterocycles. The summed E-state index contributed by atoms with van der Waals surface area (Å²) in [7, 11) is 11.4. The van der Waals surface area contributed by atoms with Gasteiger partial charge in [-0.1, -0.05) is 99.7 Å². The summed E-state index contributed by atoms with van der Waals surface area (Å²) >= 11 is 3.80. The minimum atomic E-state index is 1.10. The van der Waals surface area contributed by atoms with Gasteiger partial charge in [-0.15, -0.1) is 16.4 Å². The topological polar surface area (TPSA) is 0 Å². The molecule has 0 unspecified atom stereocenters. The van der Waals surface area contributed by atoms with E-state index in [2.05, 4.69) is 140 Å². The highest BCUT2D eigenvalue weighted by atomic mass is 79.9. The predicted octanol–water partition coefficient (Wildman–Crippen LogP) is 0.535. The average Bonchev–Trinajstić information content (AvgIpc) is 2.90. The summed E-state index contributed by atoms with van der Waals surface area (Å²) in [5.74, 6) is 0. The fourth-order valence-corrected chi connectivity index (χ4v) is 6.52. The molecule has 0 radical (unpaired) electrons. The molecule has 0 aliphatic carbocycles. The van der Waals surface area contributed by atoms with Crippen LogP contribution in [0.15, 0.2) is 89.4 Å². The van der Waals surface area contributed by atoms with Crippen LogP contribution in [0.5, 0.6) is 0 Å². The van der Waals surface area contributed by atoms with Crippen LogP contribution < -0.4 is 27.3 Å². The highest BCUT2D eigenvalue weighted by molar-refractivity contribution is 9.10. The van der Waals surface area contributed by atoms with Gasteiger partial charge in [-0.3, -0.25) is 0 Å².